The number of nitrogens with zero attached hydrogens (tertiary/aromatic N) is 4. The number of likely N-dealkylation sites (tertiary alicyclic amines) is 1. The van der Waals surface area contributed by atoms with Gasteiger partial charge in [0.05, 0.1) is 17.6 Å². The minimum atomic E-state index is -1.02. The van der Waals surface area contributed by atoms with Crippen LogP contribution in [0.15, 0.2) is 60.1 Å². The normalized spacial score (nSPS) is 15.3. The van der Waals surface area contributed by atoms with Gasteiger partial charge in [-0.2, -0.15) is 0 Å². The summed E-state index contributed by atoms with van der Waals surface area (Å²) >= 11 is 0. The van der Waals surface area contributed by atoms with Gasteiger partial charge in [0.25, 0.3) is 0 Å². The van der Waals surface area contributed by atoms with E-state index in [0.717, 1.165) is 55.7 Å². The molecule has 1 saturated heterocycles. The molecule has 0 bridgehead atoms. The first-order valence-corrected chi connectivity index (χ1v) is 11.0. The Balaban J connectivity index is 1.36. The lowest BCUT2D eigenvalue weighted by molar-refractivity contribution is -0.114. The van der Waals surface area contributed by atoms with Crippen LogP contribution in [-0.4, -0.2) is 44.8 Å². The van der Waals surface area contributed by atoms with Crippen LogP contribution in [0.3, 0.4) is 0 Å². The van der Waals surface area contributed by atoms with Crippen molar-refractivity contribution in [1.29, 1.82) is 0 Å². The Morgan fingerprint density at radius 3 is 2.56 bits per heavy atom. The number of aromatic nitrogens is 2. The van der Waals surface area contributed by atoms with Gasteiger partial charge in [0.15, 0.2) is 11.6 Å². The number of piperidine rings is 1. The largest absolute Gasteiger partial charge is 0.410 e. The van der Waals surface area contributed by atoms with Gasteiger partial charge in [-0.15, -0.1) is 0 Å². The molecule has 0 radical (unpaired) electrons. The molecule has 1 amide bonds. The van der Waals surface area contributed by atoms with Crippen molar-refractivity contribution in [2.45, 2.75) is 32.2 Å². The fraction of sp³-hybridized carbons (Fsp3) is 0.280. The first-order chi connectivity index (χ1) is 16.4. The van der Waals surface area contributed by atoms with Gasteiger partial charge in [-0.1, -0.05) is 11.2 Å². The number of pyridine rings is 2. The zero-order chi connectivity index (χ0) is 24.1. The van der Waals surface area contributed by atoms with Gasteiger partial charge in [0.2, 0.25) is 5.91 Å². The number of halogens is 2. The third-order valence-electron chi connectivity index (χ3n) is 5.91. The third-order valence-corrected chi connectivity index (χ3v) is 5.91. The highest BCUT2D eigenvalue weighted by atomic mass is 19.2. The minimum Gasteiger partial charge on any atom is -0.410 e. The Labute approximate surface area is 196 Å². The molecular formula is C25H25F2N5O2. The number of benzene rings is 1. The maximum absolute atomic E-state index is 13.6. The number of carbonyl (C=O) groups excluding carboxylic acids is 1. The molecule has 1 aromatic carbocycles. The van der Waals surface area contributed by atoms with Crippen LogP contribution in [0.2, 0.25) is 0 Å². The SMILES string of the molecule is CC(=O)Nc1cncc(C2CCN(Cc3ccc(/C(=N/O)c4ccc(F)c(F)c4)nc3)CC2)c1. The highest BCUT2D eigenvalue weighted by molar-refractivity contribution is 6.11. The maximum atomic E-state index is 13.6. The van der Waals surface area contributed by atoms with E-state index in [1.165, 1.54) is 13.0 Å². The number of oxime groups is 1. The lowest BCUT2D eigenvalue weighted by Gasteiger charge is -2.32. The summed E-state index contributed by atoms with van der Waals surface area (Å²) in [7, 11) is 0. The van der Waals surface area contributed by atoms with Crippen LogP contribution in [-0.2, 0) is 11.3 Å². The molecule has 1 aliphatic rings. The molecule has 2 aromatic heterocycles. The first kappa shape index (κ1) is 23.4. The maximum Gasteiger partial charge on any atom is 0.221 e. The van der Waals surface area contributed by atoms with E-state index in [2.05, 4.69) is 25.3 Å². The second kappa shape index (κ2) is 10.5. The third kappa shape index (κ3) is 5.60. The molecule has 0 saturated carbocycles. The minimum absolute atomic E-state index is 0.0707. The molecule has 1 fully saturated rings. The quantitative estimate of drug-likeness (QED) is 0.322. The summed E-state index contributed by atoms with van der Waals surface area (Å²) in [6.07, 6.45) is 7.17. The van der Waals surface area contributed by atoms with Crippen LogP contribution < -0.4 is 5.32 Å². The smallest absolute Gasteiger partial charge is 0.221 e. The molecular weight excluding hydrogens is 440 g/mol. The van der Waals surface area contributed by atoms with E-state index in [1.807, 2.05) is 18.3 Å². The molecule has 2 N–H and O–H groups in total. The molecule has 34 heavy (non-hydrogen) atoms. The Morgan fingerprint density at radius 1 is 1.12 bits per heavy atom. The molecule has 1 aliphatic heterocycles. The number of hydrogen-bond acceptors (Lipinski definition) is 6. The summed E-state index contributed by atoms with van der Waals surface area (Å²) in [5, 5.41) is 15.4. The second-order valence-corrected chi connectivity index (χ2v) is 8.37. The average Bonchev–Trinajstić information content (AvgIpc) is 2.83. The van der Waals surface area contributed by atoms with Crippen LogP contribution in [0, 0.1) is 11.6 Å². The Bertz CT molecular complexity index is 1190. The molecule has 0 unspecified atom stereocenters. The standard InChI is InChI=1S/C25H25F2N5O2/c1-16(33)30-21-10-20(13-28-14-21)18-6-8-32(9-7-18)15-17-2-5-24(29-12-17)25(31-34)19-3-4-22(26)23(27)11-19/h2-5,10-14,18,34H,6-9,15H2,1H3,(H,30,33)/b31-25+. The van der Waals surface area contributed by atoms with Crippen molar-refractivity contribution < 1.29 is 18.8 Å². The van der Waals surface area contributed by atoms with Crippen molar-refractivity contribution in [1.82, 2.24) is 14.9 Å². The van der Waals surface area contributed by atoms with Crippen LogP contribution >= 0.6 is 0 Å². The molecule has 0 spiro atoms. The van der Waals surface area contributed by atoms with Crippen molar-refractivity contribution in [2.24, 2.45) is 5.16 Å². The van der Waals surface area contributed by atoms with Gasteiger partial charge < -0.3 is 10.5 Å². The Kier molecular flexibility index (Phi) is 7.22. The van der Waals surface area contributed by atoms with E-state index >= 15 is 0 Å². The Morgan fingerprint density at radius 2 is 1.91 bits per heavy atom. The fourth-order valence-corrected chi connectivity index (χ4v) is 4.19. The van der Waals surface area contributed by atoms with Crippen molar-refractivity contribution in [3.05, 3.63) is 89.0 Å². The number of rotatable bonds is 6. The lowest BCUT2D eigenvalue weighted by atomic mass is 9.90. The monoisotopic (exact) mass is 465 g/mol. The molecule has 4 rings (SSSR count). The summed E-state index contributed by atoms with van der Waals surface area (Å²) < 4.78 is 26.8. The number of anilines is 1. The van der Waals surface area contributed by atoms with Gasteiger partial charge >= 0.3 is 0 Å². The number of hydrogen-bond donors (Lipinski definition) is 2. The molecule has 0 aliphatic carbocycles. The molecule has 3 aromatic rings. The fourth-order valence-electron chi connectivity index (χ4n) is 4.19. The predicted octanol–water partition coefficient (Wildman–Crippen LogP) is 4.32. The van der Waals surface area contributed by atoms with Gasteiger partial charge in [0, 0.05) is 31.4 Å². The summed E-state index contributed by atoms with van der Waals surface area (Å²) in [6.45, 7) is 4.03. The molecule has 7 nitrogen and oxygen atoms in total. The highest BCUT2D eigenvalue weighted by Crippen LogP contribution is 2.29. The topological polar surface area (TPSA) is 90.7 Å². The van der Waals surface area contributed by atoms with Gasteiger partial charge in [-0.05, 0) is 73.3 Å². The van der Waals surface area contributed by atoms with E-state index in [9.17, 15) is 18.8 Å². The van der Waals surface area contributed by atoms with E-state index in [0.29, 0.717) is 17.3 Å². The summed E-state index contributed by atoms with van der Waals surface area (Å²) in [4.78, 5) is 22.3. The van der Waals surface area contributed by atoms with E-state index in [-0.39, 0.29) is 17.2 Å². The molecule has 176 valence electrons. The number of carbonyl (C=O) groups is 1. The Hall–Kier alpha value is -3.72. The highest BCUT2D eigenvalue weighted by Gasteiger charge is 2.21. The lowest BCUT2D eigenvalue weighted by Crippen LogP contribution is -2.32. The van der Waals surface area contributed by atoms with Crippen LogP contribution in [0.4, 0.5) is 14.5 Å². The van der Waals surface area contributed by atoms with Crippen molar-refractivity contribution >= 4 is 17.3 Å². The number of amides is 1. The first-order valence-electron chi connectivity index (χ1n) is 11.0. The van der Waals surface area contributed by atoms with Crippen LogP contribution in [0.1, 0.15) is 48.1 Å². The predicted molar refractivity (Wildman–Crippen MR) is 124 cm³/mol. The number of nitrogens with one attached hydrogen (secondary N) is 1. The second-order valence-electron chi connectivity index (χ2n) is 8.37. The van der Waals surface area contributed by atoms with E-state index in [1.54, 1.807) is 18.5 Å². The zero-order valence-corrected chi connectivity index (χ0v) is 18.7. The van der Waals surface area contributed by atoms with Gasteiger partial charge in [0.1, 0.15) is 5.71 Å². The summed E-state index contributed by atoms with van der Waals surface area (Å²) in [6, 6.07) is 8.89. The van der Waals surface area contributed by atoms with Crippen molar-refractivity contribution in [2.75, 3.05) is 18.4 Å². The van der Waals surface area contributed by atoms with Gasteiger partial charge in [-0.25, -0.2) is 8.78 Å². The van der Waals surface area contributed by atoms with E-state index < -0.39 is 11.6 Å². The summed E-state index contributed by atoms with van der Waals surface area (Å²) in [5.74, 6) is -1.71. The van der Waals surface area contributed by atoms with Crippen LogP contribution in [0.25, 0.3) is 0 Å². The molecule has 0 atom stereocenters. The summed E-state index contributed by atoms with van der Waals surface area (Å²) in [5.41, 5.74) is 3.52. The van der Waals surface area contributed by atoms with Crippen molar-refractivity contribution in [3.8, 4) is 0 Å². The molecule has 3 heterocycles. The average molecular weight is 466 g/mol. The van der Waals surface area contributed by atoms with Gasteiger partial charge in [-0.3, -0.25) is 19.7 Å². The van der Waals surface area contributed by atoms with Crippen molar-refractivity contribution in [3.63, 3.8) is 0 Å². The zero-order valence-electron chi connectivity index (χ0n) is 18.7. The molecule has 9 heteroatoms. The van der Waals surface area contributed by atoms with Crippen LogP contribution in [0.5, 0.6) is 0 Å². The van der Waals surface area contributed by atoms with E-state index in [4.69, 9.17) is 0 Å².